The van der Waals surface area contributed by atoms with Crippen molar-refractivity contribution in [3.8, 4) is 0 Å². The zero-order valence-electron chi connectivity index (χ0n) is 15.6. The first-order valence-corrected chi connectivity index (χ1v) is 10.4. The summed E-state index contributed by atoms with van der Waals surface area (Å²) in [6.45, 7) is 4.13. The Bertz CT molecular complexity index is 942. The van der Waals surface area contributed by atoms with Gasteiger partial charge in [-0.1, -0.05) is 47.8 Å². The molecular weight excluding hydrogens is 377 g/mol. The molecule has 1 aliphatic heterocycles. The number of hydrogen-bond donors (Lipinski definition) is 1. The van der Waals surface area contributed by atoms with Crippen LogP contribution in [0.4, 0.5) is 5.69 Å². The highest BCUT2D eigenvalue weighted by Crippen LogP contribution is 2.30. The third-order valence-corrected chi connectivity index (χ3v) is 6.10. The molecule has 2 aromatic carbocycles. The quantitative estimate of drug-likeness (QED) is 0.558. The highest BCUT2D eigenvalue weighted by Gasteiger charge is 2.19. The van der Waals surface area contributed by atoms with E-state index >= 15 is 0 Å². The maximum Gasteiger partial charge on any atom is 0.0652 e. The molecule has 0 spiro atoms. The van der Waals surface area contributed by atoms with Crippen molar-refractivity contribution in [1.29, 1.82) is 0 Å². The summed E-state index contributed by atoms with van der Waals surface area (Å²) in [5.74, 6) is 0. The molecule has 27 heavy (non-hydrogen) atoms. The lowest BCUT2D eigenvalue weighted by Gasteiger charge is -2.27. The van der Waals surface area contributed by atoms with Crippen molar-refractivity contribution in [3.63, 3.8) is 0 Å². The van der Waals surface area contributed by atoms with E-state index in [1.54, 1.807) is 6.07 Å². The van der Waals surface area contributed by atoms with E-state index in [1.807, 2.05) is 12.1 Å². The molecule has 1 aromatic heterocycles. The van der Waals surface area contributed by atoms with Gasteiger partial charge in [-0.15, -0.1) is 0 Å². The summed E-state index contributed by atoms with van der Waals surface area (Å²) in [6.07, 6.45) is 3.97. The largest absolute Gasteiger partial charge is 0.378 e. The minimum atomic E-state index is 0.652. The molecule has 0 atom stereocenters. The maximum atomic E-state index is 6.35. The first-order chi connectivity index (χ1) is 13.1. The van der Waals surface area contributed by atoms with Crippen LogP contribution in [0.5, 0.6) is 0 Å². The fourth-order valence-corrected chi connectivity index (χ4v) is 4.55. The van der Waals surface area contributed by atoms with Gasteiger partial charge in [0.1, 0.15) is 0 Å². The van der Waals surface area contributed by atoms with E-state index in [9.17, 15) is 0 Å². The van der Waals surface area contributed by atoms with Gasteiger partial charge in [0.05, 0.1) is 17.3 Å². The molecule has 4 rings (SSSR count). The standard InChI is InChI=1S/C22H25Cl2N3/c1-26-21-8-4-3-7-17(21)18(15-27-11-5-2-6-12-27)22(26)14-25-20-10-9-16(23)13-19(20)24/h3-4,7-10,13,25H,2,5-6,11-12,14-15H2,1H3. The molecule has 3 aromatic rings. The Hall–Kier alpha value is -1.68. The molecule has 142 valence electrons. The van der Waals surface area contributed by atoms with E-state index in [0.29, 0.717) is 10.0 Å². The average molecular weight is 402 g/mol. The normalized spacial score (nSPS) is 15.4. The molecule has 0 radical (unpaired) electrons. The molecule has 1 saturated heterocycles. The Morgan fingerprint density at radius 2 is 1.78 bits per heavy atom. The summed E-state index contributed by atoms with van der Waals surface area (Å²) < 4.78 is 2.31. The van der Waals surface area contributed by atoms with Gasteiger partial charge in [0, 0.05) is 35.2 Å². The highest BCUT2D eigenvalue weighted by molar-refractivity contribution is 6.36. The van der Waals surface area contributed by atoms with Crippen LogP contribution in [-0.2, 0) is 20.1 Å². The van der Waals surface area contributed by atoms with Gasteiger partial charge in [0.25, 0.3) is 0 Å². The minimum Gasteiger partial charge on any atom is -0.378 e. The van der Waals surface area contributed by atoms with E-state index in [-0.39, 0.29) is 0 Å². The summed E-state index contributed by atoms with van der Waals surface area (Å²) in [7, 11) is 2.16. The summed E-state index contributed by atoms with van der Waals surface area (Å²) in [4.78, 5) is 2.59. The Morgan fingerprint density at radius 1 is 1.00 bits per heavy atom. The van der Waals surface area contributed by atoms with E-state index in [0.717, 1.165) is 18.8 Å². The number of fused-ring (bicyclic) bond motifs is 1. The van der Waals surface area contributed by atoms with Crippen LogP contribution < -0.4 is 5.32 Å². The number of aryl methyl sites for hydroxylation is 1. The molecule has 0 aliphatic carbocycles. The lowest BCUT2D eigenvalue weighted by atomic mass is 10.1. The molecule has 0 saturated carbocycles. The van der Waals surface area contributed by atoms with Crippen LogP contribution >= 0.6 is 23.2 Å². The van der Waals surface area contributed by atoms with Crippen molar-refractivity contribution >= 4 is 39.8 Å². The molecule has 1 fully saturated rings. The predicted molar refractivity (Wildman–Crippen MR) is 116 cm³/mol. The number of hydrogen-bond acceptors (Lipinski definition) is 2. The van der Waals surface area contributed by atoms with Crippen molar-refractivity contribution in [2.75, 3.05) is 18.4 Å². The monoisotopic (exact) mass is 401 g/mol. The SMILES string of the molecule is Cn1c(CNc2ccc(Cl)cc2Cl)c(CN2CCCCC2)c2ccccc21. The molecule has 1 N–H and O–H groups in total. The fourth-order valence-electron chi connectivity index (χ4n) is 4.08. The maximum absolute atomic E-state index is 6.35. The number of anilines is 1. The number of piperidine rings is 1. The second kappa shape index (κ2) is 8.14. The van der Waals surface area contributed by atoms with Crippen LogP contribution in [0.1, 0.15) is 30.5 Å². The number of halogens is 2. The van der Waals surface area contributed by atoms with Crippen LogP contribution in [0.3, 0.4) is 0 Å². The van der Waals surface area contributed by atoms with Crippen LogP contribution in [0.25, 0.3) is 10.9 Å². The summed E-state index contributed by atoms with van der Waals surface area (Å²) in [5, 5.41) is 6.16. The van der Waals surface area contributed by atoms with Gasteiger partial charge in [0.15, 0.2) is 0 Å². The van der Waals surface area contributed by atoms with Crippen molar-refractivity contribution in [2.24, 2.45) is 7.05 Å². The van der Waals surface area contributed by atoms with Crippen LogP contribution in [0, 0.1) is 0 Å². The van der Waals surface area contributed by atoms with Gasteiger partial charge in [-0.3, -0.25) is 4.90 Å². The van der Waals surface area contributed by atoms with Gasteiger partial charge >= 0.3 is 0 Å². The lowest BCUT2D eigenvalue weighted by Crippen LogP contribution is -2.29. The zero-order chi connectivity index (χ0) is 18.8. The number of aromatic nitrogens is 1. The number of benzene rings is 2. The highest BCUT2D eigenvalue weighted by atomic mass is 35.5. The Labute approximate surface area is 170 Å². The van der Waals surface area contributed by atoms with Crippen LogP contribution in [0.2, 0.25) is 10.0 Å². The first-order valence-electron chi connectivity index (χ1n) is 9.60. The Balaban J connectivity index is 1.65. The van der Waals surface area contributed by atoms with Gasteiger partial charge in [-0.25, -0.2) is 0 Å². The Kier molecular flexibility index (Phi) is 5.63. The third-order valence-electron chi connectivity index (χ3n) is 5.55. The number of nitrogens with zero attached hydrogens (tertiary/aromatic N) is 2. The molecule has 0 unspecified atom stereocenters. The number of likely N-dealkylation sites (tertiary alicyclic amines) is 1. The van der Waals surface area contributed by atoms with Crippen molar-refractivity contribution in [3.05, 3.63) is 63.8 Å². The van der Waals surface area contributed by atoms with Crippen LogP contribution in [0.15, 0.2) is 42.5 Å². The minimum absolute atomic E-state index is 0.652. The first kappa shape index (κ1) is 18.7. The summed E-state index contributed by atoms with van der Waals surface area (Å²) in [5.41, 5.74) is 4.93. The van der Waals surface area contributed by atoms with Crippen molar-refractivity contribution < 1.29 is 0 Å². The second-order valence-electron chi connectivity index (χ2n) is 7.32. The summed E-state index contributed by atoms with van der Waals surface area (Å²) in [6, 6.07) is 14.3. The topological polar surface area (TPSA) is 20.2 Å². The predicted octanol–water partition coefficient (Wildman–Crippen LogP) is 6.08. The van der Waals surface area contributed by atoms with E-state index < -0.39 is 0 Å². The molecule has 5 heteroatoms. The van der Waals surface area contributed by atoms with Crippen molar-refractivity contribution in [1.82, 2.24) is 9.47 Å². The van der Waals surface area contributed by atoms with Crippen molar-refractivity contribution in [2.45, 2.75) is 32.4 Å². The molecule has 1 aliphatic rings. The molecule has 3 nitrogen and oxygen atoms in total. The molecule has 2 heterocycles. The van der Waals surface area contributed by atoms with E-state index in [1.165, 1.54) is 54.5 Å². The van der Waals surface area contributed by atoms with Gasteiger partial charge in [0.2, 0.25) is 0 Å². The number of nitrogens with one attached hydrogen (secondary N) is 1. The van der Waals surface area contributed by atoms with E-state index in [4.69, 9.17) is 23.2 Å². The lowest BCUT2D eigenvalue weighted by molar-refractivity contribution is 0.221. The number of rotatable bonds is 5. The smallest absolute Gasteiger partial charge is 0.0652 e. The Morgan fingerprint density at radius 3 is 2.56 bits per heavy atom. The second-order valence-corrected chi connectivity index (χ2v) is 8.16. The van der Waals surface area contributed by atoms with Gasteiger partial charge in [-0.05, 0) is 55.8 Å². The average Bonchev–Trinajstić information content (AvgIpc) is 2.94. The van der Waals surface area contributed by atoms with Crippen LogP contribution in [-0.4, -0.2) is 22.6 Å². The third kappa shape index (κ3) is 3.96. The molecule has 0 bridgehead atoms. The zero-order valence-corrected chi connectivity index (χ0v) is 17.2. The molecule has 0 amide bonds. The van der Waals surface area contributed by atoms with E-state index in [2.05, 4.69) is 46.1 Å². The summed E-state index contributed by atoms with van der Waals surface area (Å²) >= 11 is 12.4. The fraction of sp³-hybridized carbons (Fsp3) is 0.364. The van der Waals surface area contributed by atoms with Gasteiger partial charge in [-0.2, -0.15) is 0 Å². The van der Waals surface area contributed by atoms with Gasteiger partial charge < -0.3 is 9.88 Å². The molecular formula is C22H25Cl2N3. The number of para-hydroxylation sites is 1.